The number of hydrogen-bond donors (Lipinski definition) is 0. The number of benzene rings is 2. The predicted molar refractivity (Wildman–Crippen MR) is 107 cm³/mol. The summed E-state index contributed by atoms with van der Waals surface area (Å²) in [5.41, 5.74) is 1.80. The number of hydrogen-bond acceptors (Lipinski definition) is 6. The number of methoxy groups -OCH3 is 1. The van der Waals surface area contributed by atoms with Crippen LogP contribution in [0.2, 0.25) is 0 Å². The largest absolute Gasteiger partial charge is 0.497 e. The van der Waals surface area contributed by atoms with Crippen molar-refractivity contribution in [3.63, 3.8) is 0 Å². The molecule has 0 saturated carbocycles. The minimum atomic E-state index is -0.117. The van der Waals surface area contributed by atoms with Gasteiger partial charge in [-0.1, -0.05) is 35.5 Å². The van der Waals surface area contributed by atoms with Gasteiger partial charge < -0.3 is 18.9 Å². The van der Waals surface area contributed by atoms with Crippen molar-refractivity contribution in [1.29, 1.82) is 0 Å². The number of amides is 1. The molecule has 7 heteroatoms. The van der Waals surface area contributed by atoms with E-state index in [9.17, 15) is 4.79 Å². The zero-order valence-electron chi connectivity index (χ0n) is 16.5. The number of ether oxygens (including phenoxy) is 2. The van der Waals surface area contributed by atoms with E-state index in [1.165, 1.54) is 0 Å². The third-order valence-corrected chi connectivity index (χ3v) is 4.97. The van der Waals surface area contributed by atoms with Gasteiger partial charge in [-0.3, -0.25) is 4.79 Å². The Balaban J connectivity index is 1.48. The summed E-state index contributed by atoms with van der Waals surface area (Å²) in [7, 11) is 1.61. The van der Waals surface area contributed by atoms with Crippen LogP contribution in [0.25, 0.3) is 11.4 Å². The summed E-state index contributed by atoms with van der Waals surface area (Å²) in [6.07, 6.45) is 0.358. The van der Waals surface area contributed by atoms with Crippen LogP contribution in [0, 0.1) is 0 Å². The summed E-state index contributed by atoms with van der Waals surface area (Å²) in [4.78, 5) is 18.9. The van der Waals surface area contributed by atoms with E-state index in [1.807, 2.05) is 60.4 Å². The number of aromatic nitrogens is 2. The Morgan fingerprint density at radius 1 is 1.21 bits per heavy atom. The highest BCUT2D eigenvalue weighted by molar-refractivity contribution is 5.79. The molecule has 2 heterocycles. The van der Waals surface area contributed by atoms with Gasteiger partial charge in [-0.05, 0) is 25.1 Å². The van der Waals surface area contributed by atoms with E-state index in [1.54, 1.807) is 7.11 Å². The summed E-state index contributed by atoms with van der Waals surface area (Å²) in [5, 5.41) is 4.09. The smallest absolute Gasteiger partial charge is 0.232 e. The molecule has 0 aliphatic carbocycles. The summed E-state index contributed by atoms with van der Waals surface area (Å²) in [6, 6.07) is 15.3. The van der Waals surface area contributed by atoms with Crippen LogP contribution in [0.3, 0.4) is 0 Å². The lowest BCUT2D eigenvalue weighted by atomic mass is 10.1. The average Bonchev–Trinajstić information content (AvgIpc) is 3.37. The molecular weight excluding hydrogens is 370 g/mol. The van der Waals surface area contributed by atoms with Crippen molar-refractivity contribution in [2.45, 2.75) is 25.8 Å². The second-order valence-corrected chi connectivity index (χ2v) is 6.90. The first-order chi connectivity index (χ1) is 14.2. The Bertz CT molecular complexity index is 1000. The molecule has 150 valence electrons. The Labute approximate surface area is 169 Å². The molecule has 0 N–H and O–H groups in total. The van der Waals surface area contributed by atoms with Crippen molar-refractivity contribution >= 4 is 5.91 Å². The minimum Gasteiger partial charge on any atom is -0.497 e. The molecule has 0 radical (unpaired) electrons. The molecule has 0 spiro atoms. The molecule has 1 atom stereocenters. The van der Waals surface area contributed by atoms with Gasteiger partial charge in [-0.15, -0.1) is 0 Å². The van der Waals surface area contributed by atoms with Gasteiger partial charge in [-0.2, -0.15) is 4.98 Å². The van der Waals surface area contributed by atoms with E-state index in [0.29, 0.717) is 37.8 Å². The first-order valence-corrected chi connectivity index (χ1v) is 9.64. The van der Waals surface area contributed by atoms with Crippen molar-refractivity contribution in [2.75, 3.05) is 20.3 Å². The quantitative estimate of drug-likeness (QED) is 0.610. The van der Waals surface area contributed by atoms with Gasteiger partial charge in [0.05, 0.1) is 19.6 Å². The van der Waals surface area contributed by atoms with E-state index in [4.69, 9.17) is 14.0 Å². The maximum absolute atomic E-state index is 12.6. The van der Waals surface area contributed by atoms with Gasteiger partial charge in [0.2, 0.25) is 17.6 Å². The fraction of sp³-hybridized carbons (Fsp3) is 0.318. The highest BCUT2D eigenvalue weighted by atomic mass is 16.5. The summed E-state index contributed by atoms with van der Waals surface area (Å²) < 4.78 is 16.4. The molecule has 1 aliphatic heterocycles. The Hall–Kier alpha value is -3.35. The summed E-state index contributed by atoms with van der Waals surface area (Å²) >= 11 is 0. The lowest BCUT2D eigenvalue weighted by molar-refractivity contribution is -0.128. The van der Waals surface area contributed by atoms with Gasteiger partial charge in [0.15, 0.2) is 0 Å². The van der Waals surface area contributed by atoms with Crippen molar-refractivity contribution in [2.24, 2.45) is 0 Å². The molecule has 0 bridgehead atoms. The second-order valence-electron chi connectivity index (χ2n) is 6.90. The third-order valence-electron chi connectivity index (χ3n) is 4.97. The highest BCUT2D eigenvalue weighted by Gasteiger charge is 2.34. The van der Waals surface area contributed by atoms with Gasteiger partial charge in [0.25, 0.3) is 0 Å². The SMILES string of the molecule is CCOc1ccccc1CN1CC(c2nc(-c3cccc(OC)c3)no2)CC1=O. The van der Waals surface area contributed by atoms with Crippen LogP contribution < -0.4 is 9.47 Å². The van der Waals surface area contributed by atoms with Crippen molar-refractivity contribution in [3.05, 3.63) is 60.0 Å². The van der Waals surface area contributed by atoms with Crippen LogP contribution in [0.1, 0.15) is 30.7 Å². The number of nitrogens with zero attached hydrogens (tertiary/aromatic N) is 3. The maximum atomic E-state index is 12.6. The molecule has 3 aromatic rings. The van der Waals surface area contributed by atoms with Crippen LogP contribution in [0.15, 0.2) is 53.1 Å². The van der Waals surface area contributed by atoms with Crippen LogP contribution >= 0.6 is 0 Å². The van der Waals surface area contributed by atoms with Gasteiger partial charge in [-0.25, -0.2) is 0 Å². The molecule has 29 heavy (non-hydrogen) atoms. The molecular formula is C22H23N3O4. The van der Waals surface area contributed by atoms with E-state index < -0.39 is 0 Å². The summed E-state index contributed by atoms with van der Waals surface area (Å²) in [5.74, 6) is 2.47. The number of carbonyl (C=O) groups is 1. The topological polar surface area (TPSA) is 77.7 Å². The Morgan fingerprint density at radius 2 is 2.07 bits per heavy atom. The van der Waals surface area contributed by atoms with E-state index in [0.717, 1.165) is 22.6 Å². The zero-order valence-corrected chi connectivity index (χ0v) is 16.5. The minimum absolute atomic E-state index is 0.0717. The van der Waals surface area contributed by atoms with Crippen LogP contribution in [0.5, 0.6) is 11.5 Å². The van der Waals surface area contributed by atoms with E-state index in [2.05, 4.69) is 10.1 Å². The van der Waals surface area contributed by atoms with E-state index >= 15 is 0 Å². The number of likely N-dealkylation sites (tertiary alicyclic amines) is 1. The third kappa shape index (κ3) is 4.08. The van der Waals surface area contributed by atoms with Gasteiger partial charge in [0, 0.05) is 30.6 Å². The Kier molecular flexibility index (Phi) is 5.46. The molecule has 1 aliphatic rings. The first-order valence-electron chi connectivity index (χ1n) is 9.64. The molecule has 1 aromatic heterocycles. The lowest BCUT2D eigenvalue weighted by Gasteiger charge is -2.18. The molecule has 1 saturated heterocycles. The first kappa shape index (κ1) is 19.0. The molecule has 1 amide bonds. The molecule has 1 fully saturated rings. The number of para-hydroxylation sites is 1. The van der Waals surface area contributed by atoms with Crippen molar-refractivity contribution < 1.29 is 18.8 Å². The lowest BCUT2D eigenvalue weighted by Crippen LogP contribution is -2.24. The van der Waals surface area contributed by atoms with Gasteiger partial charge >= 0.3 is 0 Å². The van der Waals surface area contributed by atoms with Crippen LogP contribution in [-0.4, -0.2) is 41.2 Å². The zero-order chi connectivity index (χ0) is 20.2. The second kappa shape index (κ2) is 8.34. The Morgan fingerprint density at radius 3 is 2.90 bits per heavy atom. The summed E-state index contributed by atoms with van der Waals surface area (Å²) in [6.45, 7) is 3.58. The average molecular weight is 393 g/mol. The predicted octanol–water partition coefficient (Wildman–Crippen LogP) is 3.66. The molecule has 2 aromatic carbocycles. The van der Waals surface area contributed by atoms with Crippen molar-refractivity contribution in [3.8, 4) is 22.9 Å². The molecule has 4 rings (SSSR count). The normalized spacial score (nSPS) is 16.3. The number of carbonyl (C=O) groups excluding carboxylic acids is 1. The van der Waals surface area contributed by atoms with E-state index in [-0.39, 0.29) is 11.8 Å². The highest BCUT2D eigenvalue weighted by Crippen LogP contribution is 2.31. The van der Waals surface area contributed by atoms with Crippen LogP contribution in [0.4, 0.5) is 0 Å². The standard InChI is InChI=1S/C22H23N3O4/c1-3-28-19-10-5-4-7-16(19)13-25-14-17(12-20(25)26)22-23-21(24-29-22)15-8-6-9-18(11-15)27-2/h4-11,17H,3,12-14H2,1-2H3. The fourth-order valence-electron chi connectivity index (χ4n) is 3.51. The van der Waals surface area contributed by atoms with Crippen LogP contribution in [-0.2, 0) is 11.3 Å². The molecule has 1 unspecified atom stereocenters. The maximum Gasteiger partial charge on any atom is 0.232 e. The monoisotopic (exact) mass is 393 g/mol. The van der Waals surface area contributed by atoms with Gasteiger partial charge in [0.1, 0.15) is 11.5 Å². The number of rotatable bonds is 7. The molecule has 7 nitrogen and oxygen atoms in total. The van der Waals surface area contributed by atoms with Crippen molar-refractivity contribution in [1.82, 2.24) is 15.0 Å². The fourth-order valence-corrected chi connectivity index (χ4v) is 3.51.